The first kappa shape index (κ1) is 22.9. The standard InChI is InChI=1S/C25H23N3O7/c1-28(2)19-15-9-11-8-14-12(16-10-26-6-7-27-16)4-3-5-13(14)20(29)17(11)22(31)25(15,35)23(32)18(21(19)30)24(33)34/h3-7,10-11,15,19,30-31,35H,8-9H2,1-2H3,(H,33,34)/t11-,15-,19-,25-/m0/s1. The van der Waals surface area contributed by atoms with Gasteiger partial charge in [-0.2, -0.15) is 0 Å². The molecule has 2 aromatic rings. The quantitative estimate of drug-likeness (QED) is 0.476. The number of aliphatic carboxylic acids is 1. The molecule has 1 heterocycles. The summed E-state index contributed by atoms with van der Waals surface area (Å²) in [5.74, 6) is -6.78. The molecule has 5 rings (SSSR count). The number of hydrogen-bond acceptors (Lipinski definition) is 9. The summed E-state index contributed by atoms with van der Waals surface area (Å²) in [4.78, 5) is 48.5. The molecule has 10 nitrogen and oxygen atoms in total. The Hall–Kier alpha value is -3.89. The number of aromatic nitrogens is 2. The van der Waals surface area contributed by atoms with Gasteiger partial charge >= 0.3 is 5.97 Å². The van der Waals surface area contributed by atoms with Crippen LogP contribution >= 0.6 is 0 Å². The molecule has 3 aliphatic carbocycles. The Labute approximate surface area is 199 Å². The molecule has 0 radical (unpaired) electrons. The number of allylic oxidation sites excluding steroid dienone is 1. The highest BCUT2D eigenvalue weighted by molar-refractivity contribution is 6.23. The van der Waals surface area contributed by atoms with Gasteiger partial charge in [0.15, 0.2) is 11.4 Å². The molecule has 0 saturated heterocycles. The number of ketones is 2. The van der Waals surface area contributed by atoms with E-state index in [0.29, 0.717) is 28.8 Å². The Balaban J connectivity index is 1.71. The molecule has 4 atom stereocenters. The highest BCUT2D eigenvalue weighted by atomic mass is 16.4. The lowest BCUT2D eigenvalue weighted by Crippen LogP contribution is -2.63. The van der Waals surface area contributed by atoms with Gasteiger partial charge < -0.3 is 20.4 Å². The largest absolute Gasteiger partial charge is 0.510 e. The van der Waals surface area contributed by atoms with Gasteiger partial charge in [-0.25, -0.2) is 4.79 Å². The third-order valence-electron chi connectivity index (χ3n) is 7.32. The first-order valence-electron chi connectivity index (χ1n) is 11.1. The summed E-state index contributed by atoms with van der Waals surface area (Å²) in [6.45, 7) is 0. The molecule has 0 saturated carbocycles. The van der Waals surface area contributed by atoms with Gasteiger partial charge in [0.25, 0.3) is 0 Å². The van der Waals surface area contributed by atoms with Crippen molar-refractivity contribution in [3.8, 4) is 11.3 Å². The first-order chi connectivity index (χ1) is 16.6. The number of aliphatic hydroxyl groups is 3. The number of carbonyl (C=O) groups is 3. The molecule has 10 heteroatoms. The second kappa shape index (κ2) is 7.82. The molecule has 35 heavy (non-hydrogen) atoms. The molecule has 0 unspecified atom stereocenters. The fourth-order valence-corrected chi connectivity index (χ4v) is 5.83. The molecular weight excluding hydrogens is 454 g/mol. The minimum absolute atomic E-state index is 0.0570. The zero-order valence-electron chi connectivity index (χ0n) is 19.0. The summed E-state index contributed by atoms with van der Waals surface area (Å²) in [6, 6.07) is 4.03. The maximum absolute atomic E-state index is 13.6. The smallest absolute Gasteiger partial charge is 0.342 e. The molecule has 0 aliphatic heterocycles. The normalized spacial score (nSPS) is 28.1. The van der Waals surface area contributed by atoms with E-state index < -0.39 is 58.1 Å². The number of carboxylic acids is 1. The molecule has 3 aliphatic rings. The average molecular weight is 477 g/mol. The lowest BCUT2D eigenvalue weighted by molar-refractivity contribution is -0.151. The van der Waals surface area contributed by atoms with E-state index in [1.165, 1.54) is 11.1 Å². The zero-order chi connectivity index (χ0) is 25.2. The molecule has 1 aromatic heterocycles. The van der Waals surface area contributed by atoms with Crippen molar-refractivity contribution in [3.05, 3.63) is 70.6 Å². The van der Waals surface area contributed by atoms with Gasteiger partial charge in [-0.15, -0.1) is 0 Å². The Bertz CT molecular complexity index is 1350. The fraction of sp³-hybridized carbons (Fsp3) is 0.320. The van der Waals surface area contributed by atoms with Crippen molar-refractivity contribution in [2.45, 2.75) is 24.5 Å². The van der Waals surface area contributed by atoms with Crippen molar-refractivity contribution in [1.29, 1.82) is 0 Å². The van der Waals surface area contributed by atoms with Crippen LogP contribution in [0.1, 0.15) is 22.3 Å². The molecule has 1 aromatic carbocycles. The number of fused-ring (bicyclic) bond motifs is 3. The van der Waals surface area contributed by atoms with Gasteiger partial charge in [0.05, 0.1) is 17.9 Å². The summed E-state index contributed by atoms with van der Waals surface area (Å²) in [5, 5.41) is 43.1. The monoisotopic (exact) mass is 477 g/mol. The minimum atomic E-state index is -2.66. The van der Waals surface area contributed by atoms with Crippen molar-refractivity contribution in [3.63, 3.8) is 0 Å². The Morgan fingerprint density at radius 1 is 1.14 bits per heavy atom. The highest BCUT2D eigenvalue weighted by Gasteiger charge is 2.63. The van der Waals surface area contributed by atoms with E-state index in [1.54, 1.807) is 38.6 Å². The van der Waals surface area contributed by atoms with Crippen LogP contribution in [-0.4, -0.2) is 78.6 Å². The van der Waals surface area contributed by atoms with Crippen LogP contribution in [0, 0.1) is 11.8 Å². The SMILES string of the molecule is CN(C)[C@@H]1C(O)=C(C(=O)O)C(=O)[C@@]2(O)C(O)=C3C(=O)c4cccc(-c5cnccn5)c4C[C@H]3C[C@@H]12. The number of likely N-dealkylation sites (N-methyl/N-ethyl adjacent to an activating group) is 1. The van der Waals surface area contributed by atoms with E-state index in [9.17, 15) is 34.8 Å². The van der Waals surface area contributed by atoms with Crippen molar-refractivity contribution < 1.29 is 34.8 Å². The van der Waals surface area contributed by atoms with Crippen LogP contribution in [0.25, 0.3) is 11.3 Å². The molecule has 0 spiro atoms. The van der Waals surface area contributed by atoms with E-state index in [4.69, 9.17) is 0 Å². The number of carbonyl (C=O) groups excluding carboxylic acids is 2. The summed E-state index contributed by atoms with van der Waals surface area (Å²) in [6.07, 6.45) is 5.03. The van der Waals surface area contributed by atoms with Crippen LogP contribution in [0.5, 0.6) is 0 Å². The fourth-order valence-electron chi connectivity index (χ4n) is 5.83. The number of rotatable bonds is 3. The average Bonchev–Trinajstić information content (AvgIpc) is 2.81. The zero-order valence-corrected chi connectivity index (χ0v) is 19.0. The van der Waals surface area contributed by atoms with Gasteiger partial charge in [-0.05, 0) is 38.4 Å². The summed E-state index contributed by atoms with van der Waals surface area (Å²) < 4.78 is 0. The topological polar surface area (TPSA) is 161 Å². The first-order valence-corrected chi connectivity index (χ1v) is 11.1. The molecular formula is C25H23N3O7. The number of nitrogens with zero attached hydrogens (tertiary/aromatic N) is 3. The van der Waals surface area contributed by atoms with Crippen molar-refractivity contribution >= 4 is 17.5 Å². The van der Waals surface area contributed by atoms with Gasteiger partial charge in [0.1, 0.15) is 17.1 Å². The van der Waals surface area contributed by atoms with Gasteiger partial charge in [0, 0.05) is 35.0 Å². The lowest BCUT2D eigenvalue weighted by Gasteiger charge is -2.50. The molecule has 4 N–H and O–H groups in total. The van der Waals surface area contributed by atoms with Crippen LogP contribution in [0.3, 0.4) is 0 Å². The van der Waals surface area contributed by atoms with Crippen LogP contribution < -0.4 is 0 Å². The van der Waals surface area contributed by atoms with Crippen LogP contribution in [0.4, 0.5) is 0 Å². The number of hydrogen-bond donors (Lipinski definition) is 4. The molecule has 0 fully saturated rings. The predicted molar refractivity (Wildman–Crippen MR) is 121 cm³/mol. The summed E-state index contributed by atoms with van der Waals surface area (Å²) >= 11 is 0. The number of benzene rings is 1. The third-order valence-corrected chi connectivity index (χ3v) is 7.32. The predicted octanol–water partition coefficient (Wildman–Crippen LogP) is 1.47. The summed E-state index contributed by atoms with van der Waals surface area (Å²) in [5.41, 5.74) is -1.46. The molecule has 0 amide bonds. The maximum atomic E-state index is 13.6. The minimum Gasteiger partial charge on any atom is -0.510 e. The van der Waals surface area contributed by atoms with Gasteiger partial charge in [0.2, 0.25) is 5.78 Å². The molecule has 180 valence electrons. The Morgan fingerprint density at radius 3 is 2.49 bits per heavy atom. The maximum Gasteiger partial charge on any atom is 0.342 e. The molecule has 0 bridgehead atoms. The van der Waals surface area contributed by atoms with Crippen LogP contribution in [0.15, 0.2) is 59.5 Å². The number of Topliss-reactive ketones (excluding diaryl/α,β-unsaturated/α-hetero) is 2. The summed E-state index contributed by atoms with van der Waals surface area (Å²) in [7, 11) is 3.14. The van der Waals surface area contributed by atoms with E-state index in [0.717, 1.165) is 0 Å². The van der Waals surface area contributed by atoms with E-state index in [-0.39, 0.29) is 12.0 Å². The van der Waals surface area contributed by atoms with E-state index >= 15 is 0 Å². The Morgan fingerprint density at radius 2 is 1.86 bits per heavy atom. The lowest BCUT2D eigenvalue weighted by atomic mass is 9.58. The van der Waals surface area contributed by atoms with Crippen LogP contribution in [0.2, 0.25) is 0 Å². The number of aliphatic hydroxyl groups excluding tert-OH is 2. The highest BCUT2D eigenvalue weighted by Crippen LogP contribution is 2.52. The Kier molecular flexibility index (Phi) is 5.11. The van der Waals surface area contributed by atoms with Crippen LogP contribution in [-0.2, 0) is 16.0 Å². The third kappa shape index (κ3) is 3.06. The van der Waals surface area contributed by atoms with Gasteiger partial charge in [-0.1, -0.05) is 18.2 Å². The van der Waals surface area contributed by atoms with E-state index in [2.05, 4.69) is 9.97 Å². The second-order valence-electron chi connectivity index (χ2n) is 9.33. The second-order valence-corrected chi connectivity index (χ2v) is 9.33. The van der Waals surface area contributed by atoms with Crippen molar-refractivity contribution in [1.82, 2.24) is 14.9 Å². The van der Waals surface area contributed by atoms with Crippen molar-refractivity contribution in [2.75, 3.05) is 14.1 Å². The number of carboxylic acid groups (broad SMARTS) is 1. The van der Waals surface area contributed by atoms with Crippen molar-refractivity contribution in [2.24, 2.45) is 11.8 Å². The van der Waals surface area contributed by atoms with Gasteiger partial charge in [-0.3, -0.25) is 24.5 Å². The van der Waals surface area contributed by atoms with E-state index in [1.807, 2.05) is 6.07 Å².